The van der Waals surface area contributed by atoms with Crippen LogP contribution in [0.2, 0.25) is 0 Å². The van der Waals surface area contributed by atoms with Gasteiger partial charge in [-0.2, -0.15) is 0 Å². The molecule has 0 atom stereocenters. The van der Waals surface area contributed by atoms with Gasteiger partial charge in [-0.1, -0.05) is 0 Å². The van der Waals surface area contributed by atoms with Crippen molar-refractivity contribution >= 4 is 17.8 Å². The zero-order valence-corrected chi connectivity index (χ0v) is 17.8. The number of morpholine rings is 2. The van der Waals surface area contributed by atoms with Crippen LogP contribution in [0.5, 0.6) is 0 Å². The first-order valence-corrected chi connectivity index (χ1v) is 13.6. The molecule has 0 unspecified atom stereocenters. The Morgan fingerprint density at radius 3 is 1.12 bits per heavy atom. The summed E-state index contributed by atoms with van der Waals surface area (Å²) < 4.78 is 22.3. The summed E-state index contributed by atoms with van der Waals surface area (Å²) in [6.07, 6.45) is 7.76. The number of piperidine rings is 2. The van der Waals surface area contributed by atoms with E-state index in [0.717, 1.165) is 78.8 Å². The molecule has 4 rings (SSSR count). The third-order valence-electron chi connectivity index (χ3n) is 6.59. The van der Waals surface area contributed by atoms with Crippen molar-refractivity contribution in [1.29, 1.82) is 0 Å². The number of hydrogen-bond donors (Lipinski definition) is 0. The fourth-order valence-corrected chi connectivity index (χ4v) is 12.9. The summed E-state index contributed by atoms with van der Waals surface area (Å²) in [7, 11) is 0. The van der Waals surface area contributed by atoms with Crippen molar-refractivity contribution in [2.45, 2.75) is 38.5 Å². The van der Waals surface area contributed by atoms with Crippen LogP contribution in [0.15, 0.2) is 0 Å². The first-order valence-electron chi connectivity index (χ1n) is 10.7. The monoisotopic (exact) mass is 406 g/mol. The van der Waals surface area contributed by atoms with E-state index in [1.807, 2.05) is 0 Å². The van der Waals surface area contributed by atoms with Crippen molar-refractivity contribution in [3.8, 4) is 0 Å². The normalized spacial score (nSPS) is 30.7. The van der Waals surface area contributed by atoms with Crippen LogP contribution in [0, 0.1) is 0 Å². The Balaban J connectivity index is 1.79. The molecule has 0 bridgehead atoms. The maximum atomic E-state index is 8.24. The minimum absolute atomic E-state index is 0.802. The molecular weight excluding hydrogens is 371 g/mol. The standard InChI is InChI=1S/C18H36ClN4O2P/c19-26(20-7-3-1-4-8-20,21-9-5-2-6-10-21,22-11-15-24-16-12-22)23-13-17-25-18-14-23/h1-18H2. The first kappa shape index (κ1) is 19.8. The van der Waals surface area contributed by atoms with Gasteiger partial charge in [0.1, 0.15) is 0 Å². The Labute approximate surface area is 163 Å². The molecule has 6 nitrogen and oxygen atoms in total. The molecule has 0 saturated carbocycles. The summed E-state index contributed by atoms with van der Waals surface area (Å²) in [4.78, 5) is 0. The fraction of sp³-hybridized carbons (Fsp3) is 1.00. The molecule has 0 aliphatic carbocycles. The molecule has 4 saturated heterocycles. The second-order valence-corrected chi connectivity index (χ2v) is 13.8. The van der Waals surface area contributed by atoms with Gasteiger partial charge < -0.3 is 0 Å². The molecule has 0 aromatic rings. The quantitative estimate of drug-likeness (QED) is 0.667. The van der Waals surface area contributed by atoms with Crippen molar-refractivity contribution in [2.24, 2.45) is 0 Å². The summed E-state index contributed by atoms with van der Waals surface area (Å²) >= 11 is 8.24. The number of nitrogens with zero attached hydrogens (tertiary/aromatic N) is 4. The molecule has 152 valence electrons. The number of hydrogen-bond acceptors (Lipinski definition) is 6. The first-order chi connectivity index (χ1) is 12.7. The van der Waals surface area contributed by atoms with E-state index in [0.29, 0.717) is 0 Å². The van der Waals surface area contributed by atoms with Crippen molar-refractivity contribution < 1.29 is 9.47 Å². The van der Waals surface area contributed by atoms with E-state index in [9.17, 15) is 0 Å². The van der Waals surface area contributed by atoms with Gasteiger partial charge in [-0.3, -0.25) is 0 Å². The SMILES string of the molecule is ClP(N1CCCCC1)(N1CCCCC1)(N1CCOCC1)N1CCOCC1. The van der Waals surface area contributed by atoms with Gasteiger partial charge in [-0.05, 0) is 0 Å². The second-order valence-electron chi connectivity index (χ2n) is 8.00. The summed E-state index contributed by atoms with van der Waals surface area (Å²) in [6.45, 7) is 8.47. The molecule has 26 heavy (non-hydrogen) atoms. The molecule has 0 N–H and O–H groups in total. The van der Waals surface area contributed by atoms with Gasteiger partial charge in [0.15, 0.2) is 0 Å². The summed E-state index contributed by atoms with van der Waals surface area (Å²) in [5, 5.41) is 0. The average molecular weight is 407 g/mol. The number of halogens is 1. The Bertz CT molecular complexity index is 379. The van der Waals surface area contributed by atoms with Gasteiger partial charge in [-0.15, -0.1) is 0 Å². The predicted molar refractivity (Wildman–Crippen MR) is 108 cm³/mol. The van der Waals surface area contributed by atoms with E-state index in [-0.39, 0.29) is 0 Å². The summed E-state index contributed by atoms with van der Waals surface area (Å²) in [5.41, 5.74) is 0. The van der Waals surface area contributed by atoms with E-state index >= 15 is 0 Å². The third-order valence-corrected chi connectivity index (χ3v) is 14.6. The zero-order chi connectivity index (χ0) is 17.9. The van der Waals surface area contributed by atoms with Gasteiger partial charge in [0.05, 0.1) is 0 Å². The zero-order valence-electron chi connectivity index (χ0n) is 16.2. The minimum atomic E-state index is -3.06. The van der Waals surface area contributed by atoms with Crippen LogP contribution in [0.4, 0.5) is 0 Å². The van der Waals surface area contributed by atoms with Crippen molar-refractivity contribution in [1.82, 2.24) is 18.7 Å². The molecule has 0 radical (unpaired) electrons. The van der Waals surface area contributed by atoms with Crippen molar-refractivity contribution in [3.63, 3.8) is 0 Å². The average Bonchev–Trinajstić information content (AvgIpc) is 2.76. The van der Waals surface area contributed by atoms with Crippen LogP contribution in [0.3, 0.4) is 0 Å². The molecule has 0 amide bonds. The van der Waals surface area contributed by atoms with E-state index in [1.165, 1.54) is 38.5 Å². The van der Waals surface area contributed by atoms with E-state index in [1.54, 1.807) is 0 Å². The van der Waals surface area contributed by atoms with Gasteiger partial charge >= 0.3 is 163 Å². The summed E-state index contributed by atoms with van der Waals surface area (Å²) in [5.74, 6) is 0. The molecule has 0 spiro atoms. The van der Waals surface area contributed by atoms with Crippen molar-refractivity contribution in [2.75, 3.05) is 78.8 Å². The van der Waals surface area contributed by atoms with Crippen LogP contribution >= 0.6 is 17.8 Å². The van der Waals surface area contributed by atoms with Gasteiger partial charge in [0, 0.05) is 0 Å². The topological polar surface area (TPSA) is 31.4 Å². The van der Waals surface area contributed by atoms with Crippen molar-refractivity contribution in [3.05, 3.63) is 0 Å². The van der Waals surface area contributed by atoms with E-state index in [4.69, 9.17) is 20.7 Å². The van der Waals surface area contributed by atoms with Crippen LogP contribution in [0.25, 0.3) is 0 Å². The van der Waals surface area contributed by atoms with Crippen LogP contribution < -0.4 is 0 Å². The Hall–Kier alpha value is 0.480. The molecular formula is C18H36ClN4O2P. The van der Waals surface area contributed by atoms with E-state index < -0.39 is 6.56 Å². The van der Waals surface area contributed by atoms with Gasteiger partial charge in [0.25, 0.3) is 0 Å². The van der Waals surface area contributed by atoms with E-state index in [2.05, 4.69) is 18.7 Å². The fourth-order valence-electron chi connectivity index (χ4n) is 5.31. The molecule has 4 aliphatic rings. The molecule has 0 aromatic carbocycles. The molecule has 4 heterocycles. The Morgan fingerprint density at radius 2 is 0.769 bits per heavy atom. The molecule has 0 aromatic heterocycles. The Kier molecular flexibility index (Phi) is 6.44. The predicted octanol–water partition coefficient (Wildman–Crippen LogP) is 2.99. The van der Waals surface area contributed by atoms with Crippen LogP contribution in [-0.4, -0.2) is 97.5 Å². The number of rotatable bonds is 4. The maximum absolute atomic E-state index is 8.24. The molecule has 4 aliphatic heterocycles. The second kappa shape index (κ2) is 8.46. The Morgan fingerprint density at radius 1 is 0.462 bits per heavy atom. The third kappa shape index (κ3) is 3.25. The molecule has 4 fully saturated rings. The molecule has 8 heteroatoms. The van der Waals surface area contributed by atoms with Gasteiger partial charge in [-0.25, -0.2) is 0 Å². The van der Waals surface area contributed by atoms with Crippen LogP contribution in [-0.2, 0) is 9.47 Å². The van der Waals surface area contributed by atoms with Crippen LogP contribution in [0.1, 0.15) is 38.5 Å². The van der Waals surface area contributed by atoms with Gasteiger partial charge in [0.2, 0.25) is 0 Å². The summed E-state index contributed by atoms with van der Waals surface area (Å²) in [6, 6.07) is 0. The number of ether oxygens (including phenoxy) is 2.